The van der Waals surface area contributed by atoms with E-state index in [2.05, 4.69) is 0 Å². The van der Waals surface area contributed by atoms with Gasteiger partial charge >= 0.3 is 6.18 Å². The van der Waals surface area contributed by atoms with Gasteiger partial charge in [0.2, 0.25) is 0 Å². The smallest absolute Gasteiger partial charge is 0.421 e. The molecule has 5 heteroatoms. The highest BCUT2D eigenvalue weighted by molar-refractivity contribution is 5.41. The third-order valence-corrected chi connectivity index (χ3v) is 3.21. The lowest BCUT2D eigenvalue weighted by Crippen LogP contribution is -2.44. The van der Waals surface area contributed by atoms with Gasteiger partial charge in [-0.05, 0) is 42.5 Å². The number of rotatable bonds is 1. The fraction of sp³-hybridized carbons (Fsp3) is 0.500. The van der Waals surface area contributed by atoms with Gasteiger partial charge in [-0.25, -0.2) is 0 Å². The molecular formula is C12H13F3O2. The average molecular weight is 246 g/mol. The number of methoxy groups -OCH3 is 1. The van der Waals surface area contributed by atoms with Crippen molar-refractivity contribution in [1.29, 1.82) is 0 Å². The fourth-order valence-electron chi connectivity index (χ4n) is 2.27. The zero-order valence-corrected chi connectivity index (χ0v) is 9.34. The first-order valence-corrected chi connectivity index (χ1v) is 5.35. The zero-order valence-electron chi connectivity index (χ0n) is 9.34. The van der Waals surface area contributed by atoms with E-state index in [1.54, 1.807) is 6.07 Å². The van der Waals surface area contributed by atoms with Crippen LogP contribution in [-0.2, 0) is 12.0 Å². The molecule has 17 heavy (non-hydrogen) atoms. The predicted molar refractivity (Wildman–Crippen MR) is 55.9 cm³/mol. The molecule has 0 aromatic heterocycles. The number of benzene rings is 1. The second kappa shape index (κ2) is 3.91. The topological polar surface area (TPSA) is 29.5 Å². The standard InChI is InChI=1S/C12H13F3O2/c1-17-9-4-5-10-8(7-9)3-2-6-11(10,16)12(13,14)15/h4-5,7,16H,2-3,6H2,1H3. The summed E-state index contributed by atoms with van der Waals surface area (Å²) in [6.45, 7) is 0. The number of alkyl halides is 3. The Kier molecular flexibility index (Phi) is 2.81. The van der Waals surface area contributed by atoms with E-state index < -0.39 is 11.8 Å². The van der Waals surface area contributed by atoms with Gasteiger partial charge in [0.25, 0.3) is 0 Å². The summed E-state index contributed by atoms with van der Waals surface area (Å²) < 4.78 is 43.7. The summed E-state index contributed by atoms with van der Waals surface area (Å²) in [6, 6.07) is 4.31. The molecule has 1 aromatic rings. The maximum absolute atomic E-state index is 12.9. The highest BCUT2D eigenvalue weighted by Crippen LogP contribution is 2.47. The Morgan fingerprint density at radius 2 is 2.06 bits per heavy atom. The minimum Gasteiger partial charge on any atom is -0.497 e. The molecule has 1 atom stereocenters. The lowest BCUT2D eigenvalue weighted by Gasteiger charge is -2.36. The van der Waals surface area contributed by atoms with Gasteiger partial charge in [-0.1, -0.05) is 6.07 Å². The summed E-state index contributed by atoms with van der Waals surface area (Å²) >= 11 is 0. The molecule has 1 N–H and O–H groups in total. The Morgan fingerprint density at radius 1 is 1.35 bits per heavy atom. The van der Waals surface area contributed by atoms with Gasteiger partial charge in [-0.3, -0.25) is 0 Å². The number of hydrogen-bond donors (Lipinski definition) is 1. The van der Waals surface area contributed by atoms with Crippen LogP contribution < -0.4 is 4.74 Å². The number of fused-ring (bicyclic) bond motifs is 1. The molecule has 0 amide bonds. The van der Waals surface area contributed by atoms with E-state index in [0.717, 1.165) is 0 Å². The van der Waals surface area contributed by atoms with Crippen LogP contribution in [0.15, 0.2) is 18.2 Å². The van der Waals surface area contributed by atoms with Crippen molar-refractivity contribution >= 4 is 0 Å². The molecule has 0 spiro atoms. The number of hydrogen-bond acceptors (Lipinski definition) is 2. The van der Waals surface area contributed by atoms with E-state index in [-0.39, 0.29) is 12.0 Å². The van der Waals surface area contributed by atoms with Crippen molar-refractivity contribution < 1.29 is 23.0 Å². The Hall–Kier alpha value is -1.23. The molecular weight excluding hydrogens is 233 g/mol. The summed E-state index contributed by atoms with van der Waals surface area (Å²) in [6.07, 6.45) is -4.08. The van der Waals surface area contributed by atoms with Crippen LogP contribution in [0.25, 0.3) is 0 Å². The first-order chi connectivity index (χ1) is 7.88. The minimum atomic E-state index is -4.64. The lowest BCUT2D eigenvalue weighted by molar-refractivity contribution is -0.271. The monoisotopic (exact) mass is 246 g/mol. The summed E-state index contributed by atoms with van der Waals surface area (Å²) in [5.74, 6) is 0.509. The number of aliphatic hydroxyl groups is 1. The Labute approximate surface area is 97.0 Å². The zero-order chi connectivity index (χ0) is 12.7. The number of halogens is 3. The molecule has 0 bridgehead atoms. The second-order valence-electron chi connectivity index (χ2n) is 4.23. The molecule has 0 saturated carbocycles. The quantitative estimate of drug-likeness (QED) is 0.825. The largest absolute Gasteiger partial charge is 0.497 e. The van der Waals surface area contributed by atoms with Crippen LogP contribution in [0.5, 0.6) is 5.75 Å². The molecule has 1 aliphatic carbocycles. The van der Waals surface area contributed by atoms with Crippen LogP contribution in [0.2, 0.25) is 0 Å². The molecule has 1 aliphatic rings. The van der Waals surface area contributed by atoms with Gasteiger partial charge in [0.1, 0.15) is 5.75 Å². The molecule has 2 nitrogen and oxygen atoms in total. The van der Waals surface area contributed by atoms with E-state index in [0.29, 0.717) is 24.2 Å². The van der Waals surface area contributed by atoms with Crippen LogP contribution in [0.3, 0.4) is 0 Å². The van der Waals surface area contributed by atoms with Gasteiger partial charge in [-0.15, -0.1) is 0 Å². The Morgan fingerprint density at radius 3 is 2.65 bits per heavy atom. The van der Waals surface area contributed by atoms with Crippen molar-refractivity contribution in [2.45, 2.75) is 31.0 Å². The highest BCUT2D eigenvalue weighted by Gasteiger charge is 2.56. The van der Waals surface area contributed by atoms with E-state index >= 15 is 0 Å². The van der Waals surface area contributed by atoms with E-state index in [1.165, 1.54) is 19.2 Å². The van der Waals surface area contributed by atoms with Gasteiger partial charge in [0, 0.05) is 0 Å². The van der Waals surface area contributed by atoms with Gasteiger partial charge < -0.3 is 9.84 Å². The van der Waals surface area contributed by atoms with Gasteiger partial charge in [-0.2, -0.15) is 13.2 Å². The van der Waals surface area contributed by atoms with E-state index in [1.807, 2.05) is 0 Å². The third-order valence-electron chi connectivity index (χ3n) is 3.21. The molecule has 1 unspecified atom stereocenters. The second-order valence-corrected chi connectivity index (χ2v) is 4.23. The van der Waals surface area contributed by atoms with Crippen LogP contribution >= 0.6 is 0 Å². The maximum atomic E-state index is 12.9. The lowest BCUT2D eigenvalue weighted by atomic mass is 9.78. The van der Waals surface area contributed by atoms with Crippen molar-refractivity contribution in [2.75, 3.05) is 7.11 Å². The van der Waals surface area contributed by atoms with Crippen LogP contribution in [-0.4, -0.2) is 18.4 Å². The summed E-state index contributed by atoms with van der Waals surface area (Å²) in [5.41, 5.74) is -2.25. The number of aryl methyl sites for hydroxylation is 1. The molecule has 0 aliphatic heterocycles. The van der Waals surface area contributed by atoms with Gasteiger partial charge in [0.05, 0.1) is 7.11 Å². The van der Waals surface area contributed by atoms with Crippen molar-refractivity contribution in [3.05, 3.63) is 29.3 Å². The summed E-state index contributed by atoms with van der Waals surface area (Å²) in [4.78, 5) is 0. The third kappa shape index (κ3) is 1.88. The number of ether oxygens (including phenoxy) is 1. The van der Waals surface area contributed by atoms with E-state index in [9.17, 15) is 18.3 Å². The van der Waals surface area contributed by atoms with Crippen molar-refractivity contribution in [2.24, 2.45) is 0 Å². The normalized spacial score (nSPS) is 24.3. The molecule has 1 aromatic carbocycles. The predicted octanol–water partition coefficient (Wildman–Crippen LogP) is 2.78. The first-order valence-electron chi connectivity index (χ1n) is 5.35. The Bertz CT molecular complexity index is 428. The molecule has 2 rings (SSSR count). The molecule has 0 radical (unpaired) electrons. The Balaban J connectivity index is 2.52. The highest BCUT2D eigenvalue weighted by atomic mass is 19.4. The maximum Gasteiger partial charge on any atom is 0.421 e. The minimum absolute atomic E-state index is 0.0444. The first kappa shape index (κ1) is 12.2. The van der Waals surface area contributed by atoms with Gasteiger partial charge in [0.15, 0.2) is 5.60 Å². The van der Waals surface area contributed by atoms with Crippen molar-refractivity contribution in [3.8, 4) is 5.75 Å². The van der Waals surface area contributed by atoms with Crippen LogP contribution in [0.4, 0.5) is 13.2 Å². The molecule has 0 saturated heterocycles. The van der Waals surface area contributed by atoms with Crippen molar-refractivity contribution in [1.82, 2.24) is 0 Å². The molecule has 94 valence electrons. The molecule has 0 fully saturated rings. The molecule has 0 heterocycles. The SMILES string of the molecule is COc1ccc2c(c1)CCCC2(O)C(F)(F)F. The summed E-state index contributed by atoms with van der Waals surface area (Å²) in [5, 5.41) is 9.86. The van der Waals surface area contributed by atoms with Crippen LogP contribution in [0, 0.1) is 0 Å². The van der Waals surface area contributed by atoms with Crippen molar-refractivity contribution in [3.63, 3.8) is 0 Å². The average Bonchev–Trinajstić information content (AvgIpc) is 2.27. The summed E-state index contributed by atoms with van der Waals surface area (Å²) in [7, 11) is 1.46. The fourth-order valence-corrected chi connectivity index (χ4v) is 2.27. The van der Waals surface area contributed by atoms with E-state index in [4.69, 9.17) is 4.74 Å². The van der Waals surface area contributed by atoms with Crippen LogP contribution in [0.1, 0.15) is 24.0 Å².